The van der Waals surface area contributed by atoms with Gasteiger partial charge in [0.2, 0.25) is 15.9 Å². The summed E-state index contributed by atoms with van der Waals surface area (Å²) in [4.78, 5) is 12.4. The highest BCUT2D eigenvalue weighted by Gasteiger charge is 2.29. The number of piperidine rings is 1. The maximum Gasteiger partial charge on any atom is 0.246 e. The number of sulfonamides is 1. The summed E-state index contributed by atoms with van der Waals surface area (Å²) < 4.78 is 46.7. The summed E-state index contributed by atoms with van der Waals surface area (Å²) in [5, 5.41) is 3.02. The zero-order valence-corrected chi connectivity index (χ0v) is 19.5. The van der Waals surface area contributed by atoms with Crippen LogP contribution in [0.2, 0.25) is 5.02 Å². The normalized spacial score (nSPS) is 14.9. The topological polar surface area (TPSA) is 75.7 Å². The number of nitrogens with zero attached hydrogens (tertiary/aromatic N) is 1. The molecule has 1 fully saturated rings. The van der Waals surface area contributed by atoms with Crippen molar-refractivity contribution in [3.63, 3.8) is 0 Å². The Hall–Kier alpha value is -1.81. The third kappa shape index (κ3) is 6.12. The van der Waals surface area contributed by atoms with Crippen LogP contribution in [0.15, 0.2) is 41.3 Å². The van der Waals surface area contributed by atoms with Gasteiger partial charge < -0.3 is 10.1 Å². The van der Waals surface area contributed by atoms with E-state index in [4.69, 9.17) is 16.3 Å². The first-order valence-corrected chi connectivity index (χ1v) is 12.8. The fourth-order valence-electron chi connectivity index (χ4n) is 3.29. The van der Waals surface area contributed by atoms with Gasteiger partial charge in [-0.1, -0.05) is 24.1 Å². The van der Waals surface area contributed by atoms with Crippen molar-refractivity contribution in [1.29, 1.82) is 0 Å². The smallest absolute Gasteiger partial charge is 0.246 e. The lowest BCUT2D eigenvalue weighted by molar-refractivity contribution is -0.113. The third-order valence-corrected chi connectivity index (χ3v) is 8.02. The highest BCUT2D eigenvalue weighted by atomic mass is 35.5. The minimum atomic E-state index is -3.72. The van der Waals surface area contributed by atoms with Crippen LogP contribution in [0.1, 0.15) is 24.8 Å². The molecule has 0 spiro atoms. The lowest BCUT2D eigenvalue weighted by Gasteiger charge is -2.26. The Kier molecular flexibility index (Phi) is 8.21. The number of benzene rings is 2. The number of hydrogen-bond donors (Lipinski definition) is 1. The van der Waals surface area contributed by atoms with Crippen LogP contribution in [0.25, 0.3) is 0 Å². The molecule has 1 amide bonds. The lowest BCUT2D eigenvalue weighted by Crippen LogP contribution is -2.35. The van der Waals surface area contributed by atoms with Crippen LogP contribution in [0.3, 0.4) is 0 Å². The number of carbonyl (C=O) groups is 1. The molecular weight excluding hydrogens is 463 g/mol. The third-order valence-electron chi connectivity index (χ3n) is 4.89. The molecule has 1 aliphatic rings. The van der Waals surface area contributed by atoms with Crippen LogP contribution >= 0.6 is 23.4 Å². The first-order chi connectivity index (χ1) is 14.8. The van der Waals surface area contributed by atoms with E-state index in [0.29, 0.717) is 35.1 Å². The summed E-state index contributed by atoms with van der Waals surface area (Å²) >= 11 is 6.99. The van der Waals surface area contributed by atoms with Gasteiger partial charge >= 0.3 is 0 Å². The second-order valence-electron chi connectivity index (χ2n) is 7.11. The number of methoxy groups -OCH3 is 1. The van der Waals surface area contributed by atoms with E-state index in [1.54, 1.807) is 18.2 Å². The number of thioether (sulfide) groups is 1. The summed E-state index contributed by atoms with van der Waals surface area (Å²) in [7, 11) is -2.31. The van der Waals surface area contributed by atoms with Gasteiger partial charge in [-0.25, -0.2) is 12.8 Å². The van der Waals surface area contributed by atoms with Gasteiger partial charge in [-0.05, 0) is 48.7 Å². The van der Waals surface area contributed by atoms with Gasteiger partial charge in [0.05, 0.1) is 12.9 Å². The fraction of sp³-hybridized carbons (Fsp3) is 0.381. The van der Waals surface area contributed by atoms with Crippen LogP contribution in [-0.2, 0) is 20.6 Å². The second kappa shape index (κ2) is 10.7. The first kappa shape index (κ1) is 23.8. The summed E-state index contributed by atoms with van der Waals surface area (Å²) in [6.07, 6.45) is 2.66. The summed E-state index contributed by atoms with van der Waals surface area (Å²) in [5.74, 6) is -0.0965. The number of anilines is 1. The maximum atomic E-state index is 13.8. The molecule has 6 nitrogen and oxygen atoms in total. The van der Waals surface area contributed by atoms with Gasteiger partial charge in [0, 0.05) is 29.6 Å². The standard InChI is InChI=1S/C21H24ClFN2O4S2/c1-29-19-8-7-17(12-20(19)31(27,28)25-9-3-2-4-10-25)24-21(26)14-30-13-15-5-6-16(22)11-18(15)23/h5-8,11-12H,2-4,9-10,13-14H2,1H3,(H,24,26). The minimum absolute atomic E-state index is 0.0330. The molecule has 0 bridgehead atoms. The Morgan fingerprint density at radius 3 is 2.61 bits per heavy atom. The molecule has 2 aromatic carbocycles. The van der Waals surface area contributed by atoms with Gasteiger partial charge in [0.25, 0.3) is 0 Å². The number of amides is 1. The van der Waals surface area contributed by atoms with E-state index in [0.717, 1.165) is 19.3 Å². The molecule has 1 aliphatic heterocycles. The maximum absolute atomic E-state index is 13.8. The molecule has 31 heavy (non-hydrogen) atoms. The number of nitrogens with one attached hydrogen (secondary N) is 1. The van der Waals surface area contributed by atoms with Crippen LogP contribution in [0, 0.1) is 5.82 Å². The molecule has 0 unspecified atom stereocenters. The van der Waals surface area contributed by atoms with Crippen molar-refractivity contribution < 1.29 is 22.3 Å². The molecule has 0 saturated carbocycles. The number of halogens is 2. The van der Waals surface area contributed by atoms with Crippen molar-refractivity contribution in [2.24, 2.45) is 0 Å². The second-order valence-corrected chi connectivity index (χ2v) is 10.4. The molecule has 0 radical (unpaired) electrons. The Balaban J connectivity index is 1.66. The molecule has 0 atom stereocenters. The van der Waals surface area contributed by atoms with E-state index in [1.807, 2.05) is 0 Å². The van der Waals surface area contributed by atoms with Crippen LogP contribution in [0.5, 0.6) is 5.75 Å². The van der Waals surface area contributed by atoms with Crippen molar-refractivity contribution in [1.82, 2.24) is 4.31 Å². The van der Waals surface area contributed by atoms with Crippen molar-refractivity contribution >= 4 is 45.0 Å². The van der Waals surface area contributed by atoms with Crippen LogP contribution < -0.4 is 10.1 Å². The molecule has 3 rings (SSSR count). The molecular formula is C21H24ClFN2O4S2. The summed E-state index contributed by atoms with van der Waals surface area (Å²) in [6.45, 7) is 0.944. The average Bonchev–Trinajstić information content (AvgIpc) is 2.76. The highest BCUT2D eigenvalue weighted by molar-refractivity contribution is 7.99. The Labute approximate surface area is 191 Å². The Morgan fingerprint density at radius 1 is 1.19 bits per heavy atom. The largest absolute Gasteiger partial charge is 0.495 e. The van der Waals surface area contributed by atoms with E-state index in [2.05, 4.69) is 5.32 Å². The Morgan fingerprint density at radius 2 is 1.94 bits per heavy atom. The Bertz CT molecular complexity index is 1040. The predicted molar refractivity (Wildman–Crippen MR) is 122 cm³/mol. The average molecular weight is 487 g/mol. The van der Waals surface area contributed by atoms with Crippen LogP contribution in [0.4, 0.5) is 10.1 Å². The molecule has 168 valence electrons. The van der Waals surface area contributed by atoms with Gasteiger partial charge in [0.1, 0.15) is 16.5 Å². The molecule has 10 heteroatoms. The molecule has 0 aliphatic carbocycles. The molecule has 0 aromatic heterocycles. The van der Waals surface area contributed by atoms with E-state index >= 15 is 0 Å². The molecule has 1 N–H and O–H groups in total. The van der Waals surface area contributed by atoms with Gasteiger partial charge in [0.15, 0.2) is 0 Å². The van der Waals surface area contributed by atoms with Gasteiger partial charge in [-0.15, -0.1) is 11.8 Å². The molecule has 2 aromatic rings. The van der Waals surface area contributed by atoms with E-state index < -0.39 is 15.8 Å². The number of carbonyl (C=O) groups excluding carboxylic acids is 1. The number of rotatable bonds is 8. The first-order valence-electron chi connectivity index (χ1n) is 9.81. The molecule has 1 heterocycles. The predicted octanol–water partition coefficient (Wildman–Crippen LogP) is 4.53. The molecule has 1 saturated heterocycles. The fourth-order valence-corrected chi connectivity index (χ4v) is 5.96. The quantitative estimate of drug-likeness (QED) is 0.593. The lowest BCUT2D eigenvalue weighted by atomic mass is 10.2. The zero-order valence-electron chi connectivity index (χ0n) is 17.1. The van der Waals surface area contributed by atoms with E-state index in [9.17, 15) is 17.6 Å². The summed E-state index contributed by atoms with van der Waals surface area (Å²) in [6, 6.07) is 8.97. The highest BCUT2D eigenvalue weighted by Crippen LogP contribution is 2.31. The van der Waals surface area contributed by atoms with E-state index in [-0.39, 0.29) is 22.3 Å². The van der Waals surface area contributed by atoms with Crippen LogP contribution in [-0.4, -0.2) is 44.6 Å². The number of hydrogen-bond acceptors (Lipinski definition) is 5. The SMILES string of the molecule is COc1ccc(NC(=O)CSCc2ccc(Cl)cc2F)cc1S(=O)(=O)N1CCCCC1. The van der Waals surface area contributed by atoms with Gasteiger partial charge in [-0.3, -0.25) is 4.79 Å². The van der Waals surface area contributed by atoms with E-state index in [1.165, 1.54) is 41.4 Å². The van der Waals surface area contributed by atoms with Crippen molar-refractivity contribution in [3.05, 3.63) is 52.8 Å². The van der Waals surface area contributed by atoms with Crippen molar-refractivity contribution in [3.8, 4) is 5.75 Å². The van der Waals surface area contributed by atoms with Gasteiger partial charge in [-0.2, -0.15) is 4.31 Å². The zero-order chi connectivity index (χ0) is 22.4. The minimum Gasteiger partial charge on any atom is -0.495 e. The summed E-state index contributed by atoms with van der Waals surface area (Å²) in [5.41, 5.74) is 0.821. The monoisotopic (exact) mass is 486 g/mol. The van der Waals surface area contributed by atoms with Crippen molar-refractivity contribution in [2.75, 3.05) is 31.3 Å². The van der Waals surface area contributed by atoms with Crippen molar-refractivity contribution in [2.45, 2.75) is 29.9 Å². The number of ether oxygens (including phenoxy) is 1.